The first kappa shape index (κ1) is 10.5. The average Bonchev–Trinajstić information content (AvgIpc) is 2.56. The normalized spacial score (nSPS) is 10.4. The van der Waals surface area contributed by atoms with E-state index in [0.29, 0.717) is 18.1 Å². The molecule has 3 N–H and O–H groups in total. The van der Waals surface area contributed by atoms with Crippen molar-refractivity contribution in [1.82, 2.24) is 9.97 Å². The molecule has 0 aliphatic rings. The molecule has 5 heteroatoms. The van der Waals surface area contributed by atoms with Gasteiger partial charge in [0.1, 0.15) is 5.76 Å². The maximum absolute atomic E-state index is 5.61. The van der Waals surface area contributed by atoms with Gasteiger partial charge in [0.05, 0.1) is 29.8 Å². The van der Waals surface area contributed by atoms with Crippen molar-refractivity contribution in [3.63, 3.8) is 0 Å². The highest BCUT2D eigenvalue weighted by Crippen LogP contribution is 2.13. The number of aromatic nitrogens is 2. The van der Waals surface area contributed by atoms with Gasteiger partial charge in [0.15, 0.2) is 0 Å². The molecule has 0 atom stereocenters. The molecule has 0 fully saturated rings. The zero-order valence-corrected chi connectivity index (χ0v) is 9.32. The second kappa shape index (κ2) is 4.22. The number of hydrogen-bond acceptors (Lipinski definition) is 5. The fourth-order valence-corrected chi connectivity index (χ4v) is 1.35. The summed E-state index contributed by atoms with van der Waals surface area (Å²) >= 11 is 0. The minimum atomic E-state index is 0.528. The molecule has 0 radical (unpaired) electrons. The third-order valence-corrected chi connectivity index (χ3v) is 2.28. The summed E-state index contributed by atoms with van der Waals surface area (Å²) in [6.45, 7) is 4.35. The van der Waals surface area contributed by atoms with Gasteiger partial charge in [0.2, 0.25) is 5.89 Å². The zero-order chi connectivity index (χ0) is 11.5. The maximum Gasteiger partial charge on any atom is 0.213 e. The Labute approximate surface area is 93.7 Å². The molecule has 0 aliphatic heterocycles. The highest BCUT2D eigenvalue weighted by Gasteiger charge is 2.04. The molecule has 84 valence electrons. The second-order valence-corrected chi connectivity index (χ2v) is 3.61. The van der Waals surface area contributed by atoms with Crippen LogP contribution in [-0.2, 0) is 6.54 Å². The molecule has 2 aromatic rings. The number of anilines is 2. The van der Waals surface area contributed by atoms with Gasteiger partial charge in [0.25, 0.3) is 0 Å². The van der Waals surface area contributed by atoms with E-state index in [1.165, 1.54) is 0 Å². The van der Waals surface area contributed by atoms with Crippen molar-refractivity contribution in [3.8, 4) is 0 Å². The Balaban J connectivity index is 2.02. The van der Waals surface area contributed by atoms with E-state index in [-0.39, 0.29) is 0 Å². The van der Waals surface area contributed by atoms with E-state index in [0.717, 1.165) is 17.1 Å². The maximum atomic E-state index is 5.61. The Morgan fingerprint density at radius 2 is 2.19 bits per heavy atom. The number of hydrogen-bond donors (Lipinski definition) is 2. The minimum absolute atomic E-state index is 0.528. The summed E-state index contributed by atoms with van der Waals surface area (Å²) in [4.78, 5) is 8.25. The standard InChI is InChI=1S/C11H14N4O/c1-7-8(2)16-11(15-7)6-14-10-3-9(12)4-13-5-10/h3-5,14H,6,12H2,1-2H3. The van der Waals surface area contributed by atoms with Gasteiger partial charge in [-0.25, -0.2) is 4.98 Å². The lowest BCUT2D eigenvalue weighted by atomic mass is 10.4. The van der Waals surface area contributed by atoms with Gasteiger partial charge in [-0.15, -0.1) is 0 Å². The Morgan fingerprint density at radius 3 is 2.81 bits per heavy atom. The number of oxazole rings is 1. The van der Waals surface area contributed by atoms with Crippen LogP contribution in [0.4, 0.5) is 11.4 Å². The summed E-state index contributed by atoms with van der Waals surface area (Å²) in [5.41, 5.74) is 8.02. The molecule has 0 aromatic carbocycles. The zero-order valence-electron chi connectivity index (χ0n) is 9.32. The van der Waals surface area contributed by atoms with Crippen LogP contribution in [0.2, 0.25) is 0 Å². The van der Waals surface area contributed by atoms with Crippen LogP contribution in [-0.4, -0.2) is 9.97 Å². The van der Waals surface area contributed by atoms with Gasteiger partial charge >= 0.3 is 0 Å². The van der Waals surface area contributed by atoms with E-state index >= 15 is 0 Å². The molecule has 0 amide bonds. The Bertz CT molecular complexity index is 473. The van der Waals surface area contributed by atoms with E-state index < -0.39 is 0 Å². The largest absolute Gasteiger partial charge is 0.444 e. The van der Waals surface area contributed by atoms with Crippen LogP contribution in [0.5, 0.6) is 0 Å². The van der Waals surface area contributed by atoms with Crippen LogP contribution in [0.25, 0.3) is 0 Å². The van der Waals surface area contributed by atoms with Crippen molar-refractivity contribution in [2.75, 3.05) is 11.1 Å². The second-order valence-electron chi connectivity index (χ2n) is 3.61. The third kappa shape index (κ3) is 2.31. The van der Waals surface area contributed by atoms with Crippen LogP contribution in [0.15, 0.2) is 22.9 Å². The van der Waals surface area contributed by atoms with Crippen molar-refractivity contribution < 1.29 is 4.42 Å². The molecule has 0 unspecified atom stereocenters. The van der Waals surface area contributed by atoms with E-state index in [9.17, 15) is 0 Å². The smallest absolute Gasteiger partial charge is 0.213 e. The summed E-state index contributed by atoms with van der Waals surface area (Å²) in [6.07, 6.45) is 3.31. The van der Waals surface area contributed by atoms with Crippen molar-refractivity contribution >= 4 is 11.4 Å². The van der Waals surface area contributed by atoms with Crippen molar-refractivity contribution in [1.29, 1.82) is 0 Å². The number of aryl methyl sites for hydroxylation is 2. The van der Waals surface area contributed by atoms with Gasteiger partial charge < -0.3 is 15.5 Å². The Kier molecular flexibility index (Phi) is 2.76. The Hall–Kier alpha value is -2.04. The number of nitrogens with zero attached hydrogens (tertiary/aromatic N) is 2. The number of pyridine rings is 1. The van der Waals surface area contributed by atoms with Crippen LogP contribution in [0, 0.1) is 13.8 Å². The molecule has 0 bridgehead atoms. The van der Waals surface area contributed by atoms with Crippen molar-refractivity contribution in [2.45, 2.75) is 20.4 Å². The average molecular weight is 218 g/mol. The molecule has 2 aromatic heterocycles. The van der Waals surface area contributed by atoms with Crippen LogP contribution in [0.3, 0.4) is 0 Å². The lowest BCUT2D eigenvalue weighted by Crippen LogP contribution is -2.00. The topological polar surface area (TPSA) is 77.0 Å². The predicted molar refractivity (Wildman–Crippen MR) is 62.0 cm³/mol. The van der Waals surface area contributed by atoms with Crippen LogP contribution in [0.1, 0.15) is 17.3 Å². The minimum Gasteiger partial charge on any atom is -0.444 e. The summed E-state index contributed by atoms with van der Waals surface area (Å²) in [6, 6.07) is 1.82. The fourth-order valence-electron chi connectivity index (χ4n) is 1.35. The SMILES string of the molecule is Cc1nc(CNc2cncc(N)c2)oc1C. The van der Waals surface area contributed by atoms with E-state index in [2.05, 4.69) is 15.3 Å². The van der Waals surface area contributed by atoms with Crippen LogP contribution >= 0.6 is 0 Å². The number of nitrogens with one attached hydrogen (secondary N) is 1. The first-order valence-corrected chi connectivity index (χ1v) is 5.02. The van der Waals surface area contributed by atoms with E-state index in [1.807, 2.05) is 19.9 Å². The third-order valence-electron chi connectivity index (χ3n) is 2.28. The lowest BCUT2D eigenvalue weighted by molar-refractivity contribution is 0.478. The fraction of sp³-hybridized carbons (Fsp3) is 0.273. The van der Waals surface area contributed by atoms with E-state index in [1.54, 1.807) is 12.4 Å². The van der Waals surface area contributed by atoms with Gasteiger partial charge in [-0.1, -0.05) is 0 Å². The molecule has 0 aliphatic carbocycles. The summed E-state index contributed by atoms with van der Waals surface area (Å²) in [7, 11) is 0. The molecular formula is C11H14N4O. The van der Waals surface area contributed by atoms with Gasteiger partial charge in [-0.05, 0) is 19.9 Å². The molecule has 2 rings (SSSR count). The molecule has 0 saturated heterocycles. The molecule has 2 heterocycles. The summed E-state index contributed by atoms with van der Waals surface area (Å²) < 4.78 is 5.44. The highest BCUT2D eigenvalue weighted by atomic mass is 16.4. The van der Waals surface area contributed by atoms with Gasteiger partial charge in [-0.3, -0.25) is 4.98 Å². The van der Waals surface area contributed by atoms with Gasteiger partial charge in [0, 0.05) is 6.20 Å². The molecule has 0 saturated carbocycles. The van der Waals surface area contributed by atoms with E-state index in [4.69, 9.17) is 10.2 Å². The monoisotopic (exact) mass is 218 g/mol. The Morgan fingerprint density at radius 1 is 1.38 bits per heavy atom. The number of rotatable bonds is 3. The number of nitrogens with two attached hydrogens (primary N) is 1. The molecular weight excluding hydrogens is 204 g/mol. The van der Waals surface area contributed by atoms with Crippen molar-refractivity contribution in [2.24, 2.45) is 0 Å². The highest BCUT2D eigenvalue weighted by molar-refractivity contribution is 5.51. The summed E-state index contributed by atoms with van der Waals surface area (Å²) in [5.74, 6) is 1.51. The van der Waals surface area contributed by atoms with Gasteiger partial charge in [-0.2, -0.15) is 0 Å². The first-order valence-electron chi connectivity index (χ1n) is 5.02. The van der Waals surface area contributed by atoms with Crippen molar-refractivity contribution in [3.05, 3.63) is 35.8 Å². The predicted octanol–water partition coefficient (Wildman–Crippen LogP) is 1.88. The number of nitrogen functional groups attached to an aromatic ring is 1. The van der Waals surface area contributed by atoms with Crippen LogP contribution < -0.4 is 11.1 Å². The molecule has 16 heavy (non-hydrogen) atoms. The molecule has 5 nitrogen and oxygen atoms in total. The lowest BCUT2D eigenvalue weighted by Gasteiger charge is -2.03. The summed E-state index contributed by atoms with van der Waals surface area (Å²) in [5, 5.41) is 3.14. The first-order chi connectivity index (χ1) is 7.65. The molecule has 0 spiro atoms. The quantitative estimate of drug-likeness (QED) is 0.822.